The summed E-state index contributed by atoms with van der Waals surface area (Å²) in [5.41, 5.74) is 1.14. The average Bonchev–Trinajstić information content (AvgIpc) is 2.60. The molecule has 1 N–H and O–H groups in total. The smallest absolute Gasteiger partial charge is 0.100 e. The second kappa shape index (κ2) is 3.67. The Hall–Kier alpha value is -1.34. The van der Waals surface area contributed by atoms with Gasteiger partial charge in [-0.15, -0.1) is 0 Å². The van der Waals surface area contributed by atoms with E-state index in [2.05, 4.69) is 36.5 Å². The van der Waals surface area contributed by atoms with Gasteiger partial charge in [0.1, 0.15) is 5.54 Å². The van der Waals surface area contributed by atoms with Gasteiger partial charge >= 0.3 is 0 Å². The molecule has 0 unspecified atom stereocenters. The van der Waals surface area contributed by atoms with E-state index >= 15 is 0 Å². The van der Waals surface area contributed by atoms with E-state index in [9.17, 15) is 0 Å². The van der Waals surface area contributed by atoms with Gasteiger partial charge in [0.2, 0.25) is 0 Å². The van der Waals surface area contributed by atoms with Crippen molar-refractivity contribution in [3.8, 4) is 6.07 Å². The lowest BCUT2D eigenvalue weighted by Crippen LogP contribution is -2.60. The molecule has 1 fully saturated rings. The molecule has 0 bridgehead atoms. The highest BCUT2D eigenvalue weighted by atomic mass is 15.4. The molecule has 1 saturated heterocycles. The van der Waals surface area contributed by atoms with Gasteiger partial charge in [-0.1, -0.05) is 13.8 Å². The monoisotopic (exact) mass is 204 g/mol. The fraction of sp³-hybridized carbons (Fsp3) is 0.636. The van der Waals surface area contributed by atoms with Gasteiger partial charge in [-0.25, -0.2) is 0 Å². The zero-order chi connectivity index (χ0) is 10.9. The zero-order valence-corrected chi connectivity index (χ0v) is 9.20. The molecule has 2 rings (SSSR count). The summed E-state index contributed by atoms with van der Waals surface area (Å²) in [5, 5.41) is 16.4. The predicted molar refractivity (Wildman–Crippen MR) is 57.4 cm³/mol. The van der Waals surface area contributed by atoms with Crippen LogP contribution in [0.3, 0.4) is 0 Å². The minimum Gasteiger partial charge on any atom is -0.312 e. The number of nitrogens with one attached hydrogen (secondary N) is 1. The average molecular weight is 204 g/mol. The fourth-order valence-electron chi connectivity index (χ4n) is 1.82. The fourth-order valence-corrected chi connectivity index (χ4v) is 1.82. The highest BCUT2D eigenvalue weighted by Crippen LogP contribution is 2.26. The van der Waals surface area contributed by atoms with Crippen molar-refractivity contribution in [2.24, 2.45) is 0 Å². The van der Waals surface area contributed by atoms with Crippen LogP contribution in [0.2, 0.25) is 0 Å². The van der Waals surface area contributed by atoms with E-state index < -0.39 is 0 Å². The summed E-state index contributed by atoms with van der Waals surface area (Å²) in [6, 6.07) is 2.25. The summed E-state index contributed by atoms with van der Waals surface area (Å²) in [4.78, 5) is 0. The molecular weight excluding hydrogens is 188 g/mol. The van der Waals surface area contributed by atoms with Crippen molar-refractivity contribution in [1.82, 2.24) is 15.1 Å². The lowest BCUT2D eigenvalue weighted by Gasteiger charge is -2.41. The molecule has 1 aliphatic rings. The van der Waals surface area contributed by atoms with Crippen LogP contribution in [0.15, 0.2) is 12.4 Å². The molecule has 0 saturated carbocycles. The SMILES string of the molecule is CC(C)c1cnn(C2(CC#N)CNC2)c1. The molecule has 0 spiro atoms. The molecule has 2 heterocycles. The molecule has 0 amide bonds. The number of nitrogens with zero attached hydrogens (tertiary/aromatic N) is 3. The summed E-state index contributed by atoms with van der Waals surface area (Å²) >= 11 is 0. The van der Waals surface area contributed by atoms with Crippen LogP contribution in [0, 0.1) is 11.3 Å². The van der Waals surface area contributed by atoms with Crippen molar-refractivity contribution in [1.29, 1.82) is 5.26 Å². The van der Waals surface area contributed by atoms with E-state index in [1.54, 1.807) is 0 Å². The quantitative estimate of drug-likeness (QED) is 0.805. The van der Waals surface area contributed by atoms with Crippen LogP contribution in [-0.2, 0) is 5.54 Å². The van der Waals surface area contributed by atoms with Crippen LogP contribution in [0.5, 0.6) is 0 Å². The van der Waals surface area contributed by atoms with Gasteiger partial charge in [0.25, 0.3) is 0 Å². The zero-order valence-electron chi connectivity index (χ0n) is 9.20. The van der Waals surface area contributed by atoms with Gasteiger partial charge in [0.15, 0.2) is 0 Å². The van der Waals surface area contributed by atoms with Crippen LogP contribution in [0.1, 0.15) is 31.7 Å². The first kappa shape index (κ1) is 10.2. The maximum Gasteiger partial charge on any atom is 0.100 e. The van der Waals surface area contributed by atoms with Crippen molar-refractivity contribution >= 4 is 0 Å². The van der Waals surface area contributed by atoms with Gasteiger partial charge in [0, 0.05) is 19.3 Å². The second-order valence-electron chi connectivity index (χ2n) is 4.54. The van der Waals surface area contributed by atoms with Crippen LogP contribution in [0.25, 0.3) is 0 Å². The summed E-state index contributed by atoms with van der Waals surface area (Å²) in [5.74, 6) is 0.492. The predicted octanol–water partition coefficient (Wildman–Crippen LogP) is 1.22. The molecule has 80 valence electrons. The molecule has 1 aliphatic heterocycles. The Bertz CT molecular complexity index is 382. The molecule has 4 nitrogen and oxygen atoms in total. The van der Waals surface area contributed by atoms with E-state index in [1.807, 2.05) is 10.9 Å². The molecule has 15 heavy (non-hydrogen) atoms. The topological polar surface area (TPSA) is 53.6 Å². The highest BCUT2D eigenvalue weighted by molar-refractivity contribution is 5.13. The first-order valence-electron chi connectivity index (χ1n) is 5.31. The summed E-state index contributed by atoms with van der Waals surface area (Å²) < 4.78 is 1.96. The lowest BCUT2D eigenvalue weighted by molar-refractivity contribution is 0.160. The lowest BCUT2D eigenvalue weighted by atomic mass is 9.89. The number of aromatic nitrogens is 2. The van der Waals surface area contributed by atoms with Crippen LogP contribution in [-0.4, -0.2) is 22.9 Å². The third-order valence-electron chi connectivity index (χ3n) is 3.07. The largest absolute Gasteiger partial charge is 0.312 e. The third kappa shape index (κ3) is 1.64. The van der Waals surface area contributed by atoms with Crippen LogP contribution in [0.4, 0.5) is 0 Å². The Balaban J connectivity index is 2.24. The van der Waals surface area contributed by atoms with Gasteiger partial charge in [-0.2, -0.15) is 10.4 Å². The van der Waals surface area contributed by atoms with E-state index in [4.69, 9.17) is 5.26 Å². The summed E-state index contributed by atoms with van der Waals surface area (Å²) in [6.07, 6.45) is 4.50. The maximum atomic E-state index is 8.83. The maximum absolute atomic E-state index is 8.83. The minimum absolute atomic E-state index is 0.0953. The van der Waals surface area contributed by atoms with Gasteiger partial charge in [-0.05, 0) is 11.5 Å². The normalized spacial score (nSPS) is 18.5. The minimum atomic E-state index is -0.0953. The summed E-state index contributed by atoms with van der Waals surface area (Å²) in [6.45, 7) is 5.99. The van der Waals surface area contributed by atoms with E-state index in [1.165, 1.54) is 5.56 Å². The van der Waals surface area contributed by atoms with Crippen LogP contribution >= 0.6 is 0 Å². The van der Waals surface area contributed by atoms with Crippen molar-refractivity contribution in [3.63, 3.8) is 0 Å². The van der Waals surface area contributed by atoms with Gasteiger partial charge < -0.3 is 5.32 Å². The number of rotatable bonds is 3. The second-order valence-corrected chi connectivity index (χ2v) is 4.54. The molecule has 0 radical (unpaired) electrons. The van der Waals surface area contributed by atoms with E-state index in [-0.39, 0.29) is 5.54 Å². The molecule has 0 atom stereocenters. The Morgan fingerprint density at radius 3 is 2.80 bits per heavy atom. The Morgan fingerprint density at radius 2 is 2.40 bits per heavy atom. The van der Waals surface area contributed by atoms with Crippen molar-refractivity contribution < 1.29 is 0 Å². The molecular formula is C11H16N4. The van der Waals surface area contributed by atoms with E-state index in [0.29, 0.717) is 12.3 Å². The third-order valence-corrected chi connectivity index (χ3v) is 3.07. The van der Waals surface area contributed by atoms with Gasteiger partial charge in [-0.3, -0.25) is 4.68 Å². The van der Waals surface area contributed by atoms with Crippen molar-refractivity contribution in [2.45, 2.75) is 31.7 Å². The molecule has 0 aliphatic carbocycles. The first-order valence-corrected chi connectivity index (χ1v) is 5.31. The van der Waals surface area contributed by atoms with E-state index in [0.717, 1.165) is 13.1 Å². The Kier molecular flexibility index (Phi) is 2.49. The molecule has 4 heteroatoms. The van der Waals surface area contributed by atoms with Crippen molar-refractivity contribution in [2.75, 3.05) is 13.1 Å². The molecule has 0 aromatic carbocycles. The highest BCUT2D eigenvalue weighted by Gasteiger charge is 2.39. The molecule has 1 aromatic rings. The molecule has 1 aromatic heterocycles. The van der Waals surface area contributed by atoms with Crippen molar-refractivity contribution in [3.05, 3.63) is 18.0 Å². The first-order chi connectivity index (χ1) is 7.18. The number of hydrogen-bond acceptors (Lipinski definition) is 3. The Morgan fingerprint density at radius 1 is 1.67 bits per heavy atom. The number of nitriles is 1. The van der Waals surface area contributed by atoms with Crippen LogP contribution < -0.4 is 5.32 Å². The van der Waals surface area contributed by atoms with Gasteiger partial charge in [0.05, 0.1) is 18.7 Å². The Labute approximate surface area is 89.9 Å². The standard InChI is InChI=1S/C11H16N4/c1-9(2)10-5-14-15(6-10)11(3-4-12)7-13-8-11/h5-6,9,13H,3,7-8H2,1-2H3. The number of hydrogen-bond donors (Lipinski definition) is 1. The summed E-state index contributed by atoms with van der Waals surface area (Å²) in [7, 11) is 0.